The highest BCUT2D eigenvalue weighted by Gasteiger charge is 2.12. The monoisotopic (exact) mass is 258 g/mol. The summed E-state index contributed by atoms with van der Waals surface area (Å²) in [6.45, 7) is 0. The molecule has 0 fully saturated rings. The topological polar surface area (TPSA) is 73.1 Å². The van der Waals surface area contributed by atoms with Crippen LogP contribution in [0.25, 0.3) is 0 Å². The van der Waals surface area contributed by atoms with E-state index in [4.69, 9.17) is 5.73 Å². The van der Waals surface area contributed by atoms with Gasteiger partial charge in [0.1, 0.15) is 0 Å². The molecule has 2 rings (SSSR count). The normalized spacial score (nSPS) is 11.2. The standard InChI is InChI=1S/C13H10N2O2S/c14-10(8-11(16)13-15-6-7-18-13)12(17)9-4-2-1-3-5-9/h1-8H,14H2. The van der Waals surface area contributed by atoms with Crippen molar-refractivity contribution < 1.29 is 9.59 Å². The SMILES string of the molecule is NC(=CC(=O)c1nccs1)C(=O)c1ccccc1. The summed E-state index contributed by atoms with van der Waals surface area (Å²) in [5.74, 6) is -0.715. The van der Waals surface area contributed by atoms with E-state index in [2.05, 4.69) is 4.98 Å². The molecule has 1 aromatic carbocycles. The van der Waals surface area contributed by atoms with Gasteiger partial charge in [0.2, 0.25) is 11.6 Å². The Balaban J connectivity index is 2.19. The zero-order valence-electron chi connectivity index (χ0n) is 9.37. The van der Waals surface area contributed by atoms with Gasteiger partial charge in [-0.2, -0.15) is 0 Å². The van der Waals surface area contributed by atoms with Crippen LogP contribution in [0.1, 0.15) is 20.2 Å². The third kappa shape index (κ3) is 2.70. The first kappa shape index (κ1) is 12.2. The lowest BCUT2D eigenvalue weighted by Gasteiger charge is -1.99. The number of allylic oxidation sites excluding steroid dienone is 2. The van der Waals surface area contributed by atoms with E-state index in [1.165, 1.54) is 17.5 Å². The highest BCUT2D eigenvalue weighted by molar-refractivity contribution is 7.11. The highest BCUT2D eigenvalue weighted by atomic mass is 32.1. The highest BCUT2D eigenvalue weighted by Crippen LogP contribution is 2.09. The summed E-state index contributed by atoms with van der Waals surface area (Å²) in [6.07, 6.45) is 2.65. The maximum atomic E-state index is 11.9. The number of Topliss-reactive ketones (excluding diaryl/α,β-unsaturated/α-hetero) is 1. The van der Waals surface area contributed by atoms with E-state index in [0.717, 1.165) is 6.08 Å². The summed E-state index contributed by atoms with van der Waals surface area (Å²) in [4.78, 5) is 27.4. The second-order valence-corrected chi connectivity index (χ2v) is 4.39. The molecule has 0 radical (unpaired) electrons. The van der Waals surface area contributed by atoms with Gasteiger partial charge >= 0.3 is 0 Å². The van der Waals surface area contributed by atoms with Gasteiger partial charge in [-0.15, -0.1) is 11.3 Å². The van der Waals surface area contributed by atoms with Crippen LogP contribution < -0.4 is 5.73 Å². The number of aromatic nitrogens is 1. The molecule has 0 aliphatic rings. The average molecular weight is 258 g/mol. The molecule has 1 aromatic heterocycles. The number of nitrogens with two attached hydrogens (primary N) is 1. The van der Waals surface area contributed by atoms with E-state index in [1.807, 2.05) is 0 Å². The number of nitrogens with zero attached hydrogens (tertiary/aromatic N) is 1. The van der Waals surface area contributed by atoms with Crippen molar-refractivity contribution in [2.24, 2.45) is 5.73 Å². The van der Waals surface area contributed by atoms with Crippen molar-refractivity contribution in [3.63, 3.8) is 0 Å². The van der Waals surface area contributed by atoms with E-state index >= 15 is 0 Å². The van der Waals surface area contributed by atoms with Crippen LogP contribution in [0.5, 0.6) is 0 Å². The van der Waals surface area contributed by atoms with Gasteiger partial charge in [-0.25, -0.2) is 4.98 Å². The Morgan fingerprint density at radius 2 is 1.94 bits per heavy atom. The van der Waals surface area contributed by atoms with Crippen molar-refractivity contribution in [2.75, 3.05) is 0 Å². The van der Waals surface area contributed by atoms with Crippen LogP contribution in [-0.4, -0.2) is 16.6 Å². The first-order chi connectivity index (χ1) is 8.68. The van der Waals surface area contributed by atoms with Gasteiger partial charge in [-0.3, -0.25) is 9.59 Å². The average Bonchev–Trinajstić information content (AvgIpc) is 2.92. The third-order valence-corrected chi connectivity index (χ3v) is 3.02. The van der Waals surface area contributed by atoms with Crippen LogP contribution in [0.2, 0.25) is 0 Å². The number of carbonyl (C=O) groups is 2. The van der Waals surface area contributed by atoms with Crippen molar-refractivity contribution in [1.29, 1.82) is 0 Å². The minimum Gasteiger partial charge on any atom is -0.395 e. The Morgan fingerprint density at radius 1 is 1.22 bits per heavy atom. The quantitative estimate of drug-likeness (QED) is 0.673. The van der Waals surface area contributed by atoms with Crippen LogP contribution in [0.3, 0.4) is 0 Å². The number of benzene rings is 1. The predicted molar refractivity (Wildman–Crippen MR) is 69.5 cm³/mol. The molecular weight excluding hydrogens is 248 g/mol. The molecule has 4 nitrogen and oxygen atoms in total. The second-order valence-electron chi connectivity index (χ2n) is 3.50. The van der Waals surface area contributed by atoms with Crippen LogP contribution in [-0.2, 0) is 0 Å². The van der Waals surface area contributed by atoms with Crippen molar-refractivity contribution in [1.82, 2.24) is 4.98 Å². The summed E-state index contributed by atoms with van der Waals surface area (Å²) in [6, 6.07) is 8.58. The molecule has 90 valence electrons. The van der Waals surface area contributed by atoms with Gasteiger partial charge in [0.15, 0.2) is 5.01 Å². The van der Waals surface area contributed by atoms with Gasteiger partial charge in [0.25, 0.3) is 0 Å². The fourth-order valence-electron chi connectivity index (χ4n) is 1.37. The van der Waals surface area contributed by atoms with E-state index in [1.54, 1.807) is 35.7 Å². The summed E-state index contributed by atoms with van der Waals surface area (Å²) in [7, 11) is 0. The van der Waals surface area contributed by atoms with Crippen molar-refractivity contribution >= 4 is 22.9 Å². The minimum absolute atomic E-state index is 0.0820. The van der Waals surface area contributed by atoms with Gasteiger partial charge in [-0.1, -0.05) is 30.3 Å². The minimum atomic E-state index is -0.361. The van der Waals surface area contributed by atoms with Crippen molar-refractivity contribution in [2.45, 2.75) is 0 Å². The van der Waals surface area contributed by atoms with E-state index in [0.29, 0.717) is 10.6 Å². The lowest BCUT2D eigenvalue weighted by molar-refractivity contribution is 0.101. The Morgan fingerprint density at radius 3 is 2.56 bits per heavy atom. The van der Waals surface area contributed by atoms with Crippen LogP contribution in [0, 0.1) is 0 Å². The Kier molecular flexibility index (Phi) is 3.64. The summed E-state index contributed by atoms with van der Waals surface area (Å²) >= 11 is 1.21. The molecule has 0 aliphatic heterocycles. The summed E-state index contributed by atoms with van der Waals surface area (Å²) < 4.78 is 0. The second kappa shape index (κ2) is 5.37. The number of thiazole rings is 1. The zero-order chi connectivity index (χ0) is 13.0. The third-order valence-electron chi connectivity index (χ3n) is 2.23. The van der Waals surface area contributed by atoms with Crippen LogP contribution in [0.4, 0.5) is 0 Å². The molecule has 2 N–H and O–H groups in total. The number of carbonyl (C=O) groups excluding carboxylic acids is 2. The lowest BCUT2D eigenvalue weighted by atomic mass is 10.1. The van der Waals surface area contributed by atoms with E-state index in [9.17, 15) is 9.59 Å². The Bertz CT molecular complexity index is 589. The van der Waals surface area contributed by atoms with Crippen LogP contribution >= 0.6 is 11.3 Å². The fourth-order valence-corrected chi connectivity index (χ4v) is 1.92. The molecule has 5 heteroatoms. The molecule has 1 heterocycles. The molecule has 0 aliphatic carbocycles. The van der Waals surface area contributed by atoms with Gasteiger partial charge in [-0.05, 0) is 0 Å². The largest absolute Gasteiger partial charge is 0.395 e. The molecule has 0 saturated carbocycles. The predicted octanol–water partition coefficient (Wildman–Crippen LogP) is 2.05. The number of hydrogen-bond acceptors (Lipinski definition) is 5. The number of hydrogen-bond donors (Lipinski definition) is 1. The Hall–Kier alpha value is -2.27. The molecule has 0 bridgehead atoms. The maximum Gasteiger partial charge on any atom is 0.216 e. The summed E-state index contributed by atoms with van der Waals surface area (Å²) in [5.41, 5.74) is 6.00. The van der Waals surface area contributed by atoms with E-state index < -0.39 is 0 Å². The van der Waals surface area contributed by atoms with Gasteiger partial charge < -0.3 is 5.73 Å². The molecule has 0 saturated heterocycles. The first-order valence-electron chi connectivity index (χ1n) is 5.19. The Labute approximate surface area is 108 Å². The van der Waals surface area contributed by atoms with Crippen LogP contribution in [0.15, 0.2) is 53.7 Å². The molecule has 0 atom stereocenters. The van der Waals surface area contributed by atoms with Gasteiger partial charge in [0, 0.05) is 23.2 Å². The van der Waals surface area contributed by atoms with Crippen molar-refractivity contribution in [3.05, 3.63) is 64.3 Å². The summed E-state index contributed by atoms with van der Waals surface area (Å²) in [5, 5.41) is 2.01. The lowest BCUT2D eigenvalue weighted by Crippen LogP contribution is -2.13. The molecular formula is C13H10N2O2S. The molecule has 18 heavy (non-hydrogen) atoms. The fraction of sp³-hybridized carbons (Fsp3) is 0. The molecule has 0 spiro atoms. The molecule has 2 aromatic rings. The first-order valence-corrected chi connectivity index (χ1v) is 6.07. The number of ketones is 2. The maximum absolute atomic E-state index is 11.9. The molecule has 0 amide bonds. The smallest absolute Gasteiger partial charge is 0.216 e. The van der Waals surface area contributed by atoms with Gasteiger partial charge in [0.05, 0.1) is 5.70 Å². The van der Waals surface area contributed by atoms with Crippen molar-refractivity contribution in [3.8, 4) is 0 Å². The van der Waals surface area contributed by atoms with E-state index in [-0.39, 0.29) is 17.3 Å². The zero-order valence-corrected chi connectivity index (χ0v) is 10.2. The molecule has 0 unspecified atom stereocenters. The number of rotatable bonds is 4.